The number of aromatic nitrogens is 1. The summed E-state index contributed by atoms with van der Waals surface area (Å²) in [5.74, 6) is -0.442. The number of anilines is 1. The highest BCUT2D eigenvalue weighted by Gasteiger charge is 2.17. The number of hydrogen-bond acceptors (Lipinski definition) is 4. The first kappa shape index (κ1) is 13.8. The minimum Gasteiger partial charge on any atom is -0.381 e. The largest absolute Gasteiger partial charge is 0.381 e. The van der Waals surface area contributed by atoms with E-state index in [-0.39, 0.29) is 0 Å². The normalized spacial score (nSPS) is 19.1. The van der Waals surface area contributed by atoms with E-state index in [1.807, 2.05) is 24.3 Å². The van der Waals surface area contributed by atoms with E-state index in [1.165, 1.54) is 0 Å². The minimum absolute atomic E-state index is 0.351. The van der Waals surface area contributed by atoms with Crippen molar-refractivity contribution in [2.24, 2.45) is 5.73 Å². The summed E-state index contributed by atoms with van der Waals surface area (Å²) < 4.78 is 0. The number of carbonyl (C=O) groups is 1. The van der Waals surface area contributed by atoms with Crippen molar-refractivity contribution in [2.45, 2.75) is 25.3 Å². The summed E-state index contributed by atoms with van der Waals surface area (Å²) in [6, 6.07) is 8.17. The molecule has 3 rings (SSSR count). The summed E-state index contributed by atoms with van der Waals surface area (Å²) in [6.07, 6.45) is 4.82. The maximum Gasteiger partial charge on any atom is 0.252 e. The van der Waals surface area contributed by atoms with E-state index in [0.717, 1.165) is 48.9 Å². The first-order chi connectivity index (χ1) is 10.3. The molecule has 1 saturated heterocycles. The zero-order valence-electron chi connectivity index (χ0n) is 11.9. The molecule has 0 aliphatic carbocycles. The van der Waals surface area contributed by atoms with Gasteiger partial charge in [-0.25, -0.2) is 0 Å². The molecule has 1 aromatic heterocycles. The van der Waals surface area contributed by atoms with Gasteiger partial charge in [-0.2, -0.15) is 0 Å². The van der Waals surface area contributed by atoms with Crippen LogP contribution >= 0.6 is 0 Å². The number of para-hydroxylation sites is 1. The first-order valence-corrected chi connectivity index (χ1v) is 7.40. The van der Waals surface area contributed by atoms with Crippen LogP contribution in [0.2, 0.25) is 0 Å². The zero-order valence-corrected chi connectivity index (χ0v) is 11.9. The Morgan fingerprint density at radius 2 is 2.14 bits per heavy atom. The van der Waals surface area contributed by atoms with Gasteiger partial charge in [0.1, 0.15) is 0 Å². The first-order valence-electron chi connectivity index (χ1n) is 7.40. The van der Waals surface area contributed by atoms with Gasteiger partial charge in [0.2, 0.25) is 0 Å². The van der Waals surface area contributed by atoms with E-state index in [0.29, 0.717) is 11.6 Å². The molecule has 5 nitrogen and oxygen atoms in total. The average Bonchev–Trinajstić information content (AvgIpc) is 2.76. The average molecular weight is 284 g/mol. The van der Waals surface area contributed by atoms with Gasteiger partial charge in [-0.3, -0.25) is 9.78 Å². The lowest BCUT2D eigenvalue weighted by molar-refractivity contribution is 0.100. The fourth-order valence-corrected chi connectivity index (χ4v) is 2.85. The summed E-state index contributed by atoms with van der Waals surface area (Å²) in [5, 5.41) is 7.88. The van der Waals surface area contributed by atoms with E-state index in [1.54, 1.807) is 6.20 Å². The Morgan fingerprint density at radius 1 is 1.29 bits per heavy atom. The van der Waals surface area contributed by atoms with Gasteiger partial charge in [-0.15, -0.1) is 0 Å². The molecule has 0 radical (unpaired) electrons. The number of pyridine rings is 1. The summed E-state index contributed by atoms with van der Waals surface area (Å²) in [6.45, 7) is 2.05. The number of nitrogens with one attached hydrogen (secondary N) is 2. The molecule has 2 heterocycles. The minimum atomic E-state index is -0.442. The fraction of sp³-hybridized carbons (Fsp3) is 0.375. The molecule has 1 unspecified atom stereocenters. The Kier molecular flexibility index (Phi) is 4.01. The third-order valence-corrected chi connectivity index (χ3v) is 3.97. The lowest BCUT2D eigenvalue weighted by atomic mass is 10.0. The standard InChI is InChI=1S/C16H20N4O/c17-16(21)13-10-19-14-6-2-1-5-12(14)15(13)20-11-4-3-8-18-9-7-11/h1-2,5-6,10-11,18H,3-4,7-9H2,(H2,17,21)(H,19,20). The number of hydrogen-bond donors (Lipinski definition) is 3. The Bertz CT molecular complexity index is 648. The number of benzene rings is 1. The third-order valence-electron chi connectivity index (χ3n) is 3.97. The van der Waals surface area contributed by atoms with Crippen LogP contribution in [-0.2, 0) is 0 Å². The molecule has 1 aliphatic heterocycles. The van der Waals surface area contributed by atoms with Gasteiger partial charge < -0.3 is 16.4 Å². The molecule has 1 fully saturated rings. The quantitative estimate of drug-likeness (QED) is 0.804. The van der Waals surface area contributed by atoms with Gasteiger partial charge in [-0.1, -0.05) is 18.2 Å². The molecule has 1 aliphatic rings. The zero-order chi connectivity index (χ0) is 14.7. The molecule has 110 valence electrons. The van der Waals surface area contributed by atoms with Crippen molar-refractivity contribution in [2.75, 3.05) is 18.4 Å². The van der Waals surface area contributed by atoms with Crippen molar-refractivity contribution >= 4 is 22.5 Å². The maximum absolute atomic E-state index is 11.7. The van der Waals surface area contributed by atoms with Crippen LogP contribution in [0.4, 0.5) is 5.69 Å². The van der Waals surface area contributed by atoms with Gasteiger partial charge >= 0.3 is 0 Å². The number of rotatable bonds is 3. The molecule has 0 saturated carbocycles. The van der Waals surface area contributed by atoms with Crippen LogP contribution in [0.25, 0.3) is 10.9 Å². The second-order valence-electron chi connectivity index (χ2n) is 5.45. The molecule has 1 amide bonds. The van der Waals surface area contributed by atoms with E-state index >= 15 is 0 Å². The number of amides is 1. The molecule has 0 spiro atoms. The molecular formula is C16H20N4O. The van der Waals surface area contributed by atoms with E-state index in [9.17, 15) is 4.79 Å². The van der Waals surface area contributed by atoms with Crippen molar-refractivity contribution in [3.63, 3.8) is 0 Å². The van der Waals surface area contributed by atoms with Crippen LogP contribution in [0, 0.1) is 0 Å². The van der Waals surface area contributed by atoms with Crippen molar-refractivity contribution in [1.82, 2.24) is 10.3 Å². The van der Waals surface area contributed by atoms with Crippen LogP contribution in [0.3, 0.4) is 0 Å². The van der Waals surface area contributed by atoms with Crippen molar-refractivity contribution < 1.29 is 4.79 Å². The van der Waals surface area contributed by atoms with Gasteiger partial charge in [-0.05, 0) is 38.4 Å². The van der Waals surface area contributed by atoms with Crippen molar-refractivity contribution in [1.29, 1.82) is 0 Å². The fourth-order valence-electron chi connectivity index (χ4n) is 2.85. The number of primary amides is 1. The summed E-state index contributed by atoms with van der Waals surface area (Å²) in [5.41, 5.74) is 7.67. The molecule has 1 aromatic carbocycles. The smallest absolute Gasteiger partial charge is 0.252 e. The van der Waals surface area contributed by atoms with Crippen LogP contribution in [-0.4, -0.2) is 30.0 Å². The lowest BCUT2D eigenvalue weighted by Gasteiger charge is -2.20. The Hall–Kier alpha value is -2.14. The van der Waals surface area contributed by atoms with Gasteiger partial charge in [0, 0.05) is 17.6 Å². The van der Waals surface area contributed by atoms with Gasteiger partial charge in [0.05, 0.1) is 16.8 Å². The van der Waals surface area contributed by atoms with E-state index in [2.05, 4.69) is 15.6 Å². The van der Waals surface area contributed by atoms with Crippen molar-refractivity contribution in [3.05, 3.63) is 36.0 Å². The Labute approximate surface area is 123 Å². The SMILES string of the molecule is NC(=O)c1cnc2ccccc2c1NC1CCCNCC1. The molecule has 1 atom stereocenters. The van der Waals surface area contributed by atoms with Crippen molar-refractivity contribution in [3.8, 4) is 0 Å². The number of carbonyl (C=O) groups excluding carboxylic acids is 1. The Morgan fingerprint density at radius 3 is 3.00 bits per heavy atom. The molecular weight excluding hydrogens is 264 g/mol. The van der Waals surface area contributed by atoms with Gasteiger partial charge in [0.15, 0.2) is 0 Å². The summed E-state index contributed by atoms with van der Waals surface area (Å²) in [4.78, 5) is 16.0. The predicted molar refractivity (Wildman–Crippen MR) is 84.4 cm³/mol. The highest BCUT2D eigenvalue weighted by molar-refractivity contribution is 6.06. The molecule has 4 N–H and O–H groups in total. The summed E-state index contributed by atoms with van der Waals surface area (Å²) in [7, 11) is 0. The maximum atomic E-state index is 11.7. The predicted octanol–water partition coefficient (Wildman–Crippen LogP) is 1.89. The molecule has 2 aromatic rings. The van der Waals surface area contributed by atoms with Crippen LogP contribution < -0.4 is 16.4 Å². The Balaban J connectivity index is 2.01. The second-order valence-corrected chi connectivity index (χ2v) is 5.45. The van der Waals surface area contributed by atoms with Gasteiger partial charge in [0.25, 0.3) is 5.91 Å². The third kappa shape index (κ3) is 2.97. The summed E-state index contributed by atoms with van der Waals surface area (Å²) >= 11 is 0. The monoisotopic (exact) mass is 284 g/mol. The number of nitrogens with two attached hydrogens (primary N) is 1. The number of nitrogens with zero attached hydrogens (tertiary/aromatic N) is 1. The highest BCUT2D eigenvalue weighted by Crippen LogP contribution is 2.27. The van der Waals surface area contributed by atoms with Crippen LogP contribution in [0.15, 0.2) is 30.5 Å². The molecule has 5 heteroatoms. The van der Waals surface area contributed by atoms with E-state index in [4.69, 9.17) is 5.73 Å². The molecule has 0 bridgehead atoms. The topological polar surface area (TPSA) is 80.0 Å². The highest BCUT2D eigenvalue weighted by atomic mass is 16.1. The second kappa shape index (κ2) is 6.10. The molecule has 21 heavy (non-hydrogen) atoms. The number of fused-ring (bicyclic) bond motifs is 1. The van der Waals surface area contributed by atoms with Crippen LogP contribution in [0.1, 0.15) is 29.6 Å². The lowest BCUT2D eigenvalue weighted by Crippen LogP contribution is -2.24. The van der Waals surface area contributed by atoms with Crippen LogP contribution in [0.5, 0.6) is 0 Å². The van der Waals surface area contributed by atoms with E-state index < -0.39 is 5.91 Å².